The standard InChI is InChI=1S/C15H19N5O3/c21-15(13-14(23-10-17-13)12-4-2-6-22-12)19-5-1-3-11(7-19)20-9-16-8-18-20/h8-12H,1-7H2/t11-,12+/m0/s1. The molecule has 1 amide bonds. The van der Waals surface area contributed by atoms with Gasteiger partial charge in [0, 0.05) is 19.7 Å². The van der Waals surface area contributed by atoms with Crippen molar-refractivity contribution in [2.75, 3.05) is 19.7 Å². The van der Waals surface area contributed by atoms with Gasteiger partial charge in [-0.1, -0.05) is 0 Å². The molecule has 2 fully saturated rings. The molecule has 2 saturated heterocycles. The average molecular weight is 317 g/mol. The highest BCUT2D eigenvalue weighted by Gasteiger charge is 2.32. The van der Waals surface area contributed by atoms with Gasteiger partial charge in [0.2, 0.25) is 0 Å². The number of nitrogens with zero attached hydrogens (tertiary/aromatic N) is 5. The van der Waals surface area contributed by atoms with Crippen molar-refractivity contribution in [2.45, 2.75) is 37.8 Å². The Kier molecular flexibility index (Phi) is 3.82. The molecule has 2 atom stereocenters. The summed E-state index contributed by atoms with van der Waals surface area (Å²) in [6, 6.07) is 0.160. The Bertz CT molecular complexity index is 662. The Hall–Kier alpha value is -2.22. The number of likely N-dealkylation sites (tertiary alicyclic amines) is 1. The van der Waals surface area contributed by atoms with Gasteiger partial charge in [-0.3, -0.25) is 4.79 Å². The highest BCUT2D eigenvalue weighted by atomic mass is 16.5. The lowest BCUT2D eigenvalue weighted by atomic mass is 10.0. The smallest absolute Gasteiger partial charge is 0.276 e. The number of rotatable bonds is 3. The Labute approximate surface area is 133 Å². The van der Waals surface area contributed by atoms with Crippen molar-refractivity contribution in [1.82, 2.24) is 24.6 Å². The van der Waals surface area contributed by atoms with Gasteiger partial charge in [-0.25, -0.2) is 14.6 Å². The molecule has 0 saturated carbocycles. The lowest BCUT2D eigenvalue weighted by molar-refractivity contribution is 0.0640. The fourth-order valence-electron chi connectivity index (χ4n) is 3.34. The molecule has 0 aliphatic carbocycles. The van der Waals surface area contributed by atoms with Crippen LogP contribution in [0.1, 0.15) is 54.1 Å². The maximum absolute atomic E-state index is 12.9. The number of piperidine rings is 1. The molecular weight excluding hydrogens is 298 g/mol. The summed E-state index contributed by atoms with van der Waals surface area (Å²) in [6.07, 6.45) is 8.19. The molecule has 23 heavy (non-hydrogen) atoms. The van der Waals surface area contributed by atoms with E-state index in [0.29, 0.717) is 24.6 Å². The van der Waals surface area contributed by atoms with Crippen molar-refractivity contribution >= 4 is 5.91 Å². The first-order valence-electron chi connectivity index (χ1n) is 8.01. The summed E-state index contributed by atoms with van der Waals surface area (Å²) in [6.45, 7) is 2.04. The monoisotopic (exact) mass is 317 g/mol. The van der Waals surface area contributed by atoms with Crippen LogP contribution >= 0.6 is 0 Å². The SMILES string of the molecule is O=C(c1ncoc1[C@H]1CCCO1)N1CCC[C@H](n2cncn2)C1. The second-order valence-corrected chi connectivity index (χ2v) is 5.99. The third-order valence-electron chi connectivity index (χ3n) is 4.51. The summed E-state index contributed by atoms with van der Waals surface area (Å²) in [5, 5.41) is 4.19. The quantitative estimate of drug-likeness (QED) is 0.854. The molecule has 2 aliphatic rings. The largest absolute Gasteiger partial charge is 0.445 e. The van der Waals surface area contributed by atoms with Crippen molar-refractivity contribution in [2.24, 2.45) is 0 Å². The number of ether oxygens (including phenoxy) is 1. The molecule has 4 heterocycles. The molecule has 0 bridgehead atoms. The molecule has 2 aromatic rings. The van der Waals surface area contributed by atoms with Gasteiger partial charge in [0.05, 0.1) is 6.04 Å². The second-order valence-electron chi connectivity index (χ2n) is 5.99. The number of hydrogen-bond donors (Lipinski definition) is 0. The number of amides is 1. The third-order valence-corrected chi connectivity index (χ3v) is 4.51. The number of oxazole rings is 1. The molecule has 8 nitrogen and oxygen atoms in total. The van der Waals surface area contributed by atoms with Crippen LogP contribution in [-0.2, 0) is 4.74 Å². The Morgan fingerprint density at radius 1 is 1.30 bits per heavy atom. The summed E-state index contributed by atoms with van der Waals surface area (Å²) in [7, 11) is 0. The summed E-state index contributed by atoms with van der Waals surface area (Å²) in [5.74, 6) is 0.476. The molecule has 8 heteroatoms. The highest BCUT2D eigenvalue weighted by molar-refractivity contribution is 5.93. The van der Waals surface area contributed by atoms with E-state index in [-0.39, 0.29) is 18.1 Å². The normalized spacial score (nSPS) is 25.0. The van der Waals surface area contributed by atoms with Crippen molar-refractivity contribution in [3.63, 3.8) is 0 Å². The van der Waals surface area contributed by atoms with Crippen LogP contribution in [-0.4, -0.2) is 50.3 Å². The first-order valence-corrected chi connectivity index (χ1v) is 8.01. The number of carbonyl (C=O) groups excluding carboxylic acids is 1. The van der Waals surface area contributed by atoms with E-state index in [2.05, 4.69) is 15.1 Å². The predicted octanol–water partition coefficient (Wildman–Crippen LogP) is 1.59. The minimum absolute atomic E-state index is 0.0888. The van der Waals surface area contributed by atoms with E-state index in [1.54, 1.807) is 6.33 Å². The van der Waals surface area contributed by atoms with E-state index < -0.39 is 0 Å². The van der Waals surface area contributed by atoms with E-state index in [1.807, 2.05) is 9.58 Å². The molecule has 0 radical (unpaired) electrons. The Morgan fingerprint density at radius 3 is 3.04 bits per heavy atom. The van der Waals surface area contributed by atoms with Gasteiger partial charge in [-0.05, 0) is 25.7 Å². The van der Waals surface area contributed by atoms with Crippen molar-refractivity contribution in [3.05, 3.63) is 30.5 Å². The number of aromatic nitrogens is 4. The van der Waals surface area contributed by atoms with Crippen molar-refractivity contribution < 1.29 is 13.9 Å². The molecule has 0 aromatic carbocycles. The Morgan fingerprint density at radius 2 is 2.26 bits per heavy atom. The van der Waals surface area contributed by atoms with Crippen molar-refractivity contribution in [3.8, 4) is 0 Å². The molecule has 0 N–H and O–H groups in total. The molecule has 122 valence electrons. The van der Waals surface area contributed by atoms with Crippen LogP contribution in [0.25, 0.3) is 0 Å². The van der Waals surface area contributed by atoms with E-state index in [1.165, 1.54) is 12.7 Å². The van der Waals surface area contributed by atoms with Gasteiger partial charge in [0.25, 0.3) is 5.91 Å². The number of carbonyl (C=O) groups is 1. The van der Waals surface area contributed by atoms with Gasteiger partial charge in [-0.15, -0.1) is 0 Å². The lowest BCUT2D eigenvalue weighted by Crippen LogP contribution is -2.41. The van der Waals surface area contributed by atoms with Gasteiger partial charge in [-0.2, -0.15) is 5.10 Å². The van der Waals surface area contributed by atoms with Crippen LogP contribution in [0.4, 0.5) is 0 Å². The van der Waals surface area contributed by atoms with E-state index in [9.17, 15) is 4.79 Å². The summed E-state index contributed by atoms with van der Waals surface area (Å²) >= 11 is 0. The minimum atomic E-state index is -0.146. The Balaban J connectivity index is 1.51. The lowest BCUT2D eigenvalue weighted by Gasteiger charge is -2.32. The third kappa shape index (κ3) is 2.74. The van der Waals surface area contributed by atoms with Crippen LogP contribution in [0.2, 0.25) is 0 Å². The van der Waals surface area contributed by atoms with Gasteiger partial charge in [0.1, 0.15) is 18.8 Å². The average Bonchev–Trinajstić information content (AvgIpc) is 3.35. The number of hydrogen-bond acceptors (Lipinski definition) is 6. The topological polar surface area (TPSA) is 86.3 Å². The van der Waals surface area contributed by atoms with Crippen molar-refractivity contribution in [1.29, 1.82) is 0 Å². The van der Waals surface area contributed by atoms with Crippen LogP contribution < -0.4 is 0 Å². The van der Waals surface area contributed by atoms with Crippen LogP contribution in [0.3, 0.4) is 0 Å². The van der Waals surface area contributed by atoms with E-state index >= 15 is 0 Å². The zero-order chi connectivity index (χ0) is 15.6. The highest BCUT2D eigenvalue weighted by Crippen LogP contribution is 2.31. The van der Waals surface area contributed by atoms with Gasteiger partial charge in [0.15, 0.2) is 17.8 Å². The fraction of sp³-hybridized carbons (Fsp3) is 0.600. The summed E-state index contributed by atoms with van der Waals surface area (Å²) in [4.78, 5) is 22.8. The van der Waals surface area contributed by atoms with Gasteiger partial charge < -0.3 is 14.1 Å². The zero-order valence-corrected chi connectivity index (χ0v) is 12.8. The molecule has 2 aliphatic heterocycles. The molecule has 2 aromatic heterocycles. The van der Waals surface area contributed by atoms with E-state index in [4.69, 9.17) is 9.15 Å². The van der Waals surface area contributed by atoms with Crippen LogP contribution in [0.15, 0.2) is 23.5 Å². The minimum Gasteiger partial charge on any atom is -0.445 e. The van der Waals surface area contributed by atoms with E-state index in [0.717, 1.165) is 32.2 Å². The van der Waals surface area contributed by atoms with Crippen LogP contribution in [0, 0.1) is 0 Å². The first kappa shape index (κ1) is 14.4. The maximum Gasteiger partial charge on any atom is 0.276 e. The van der Waals surface area contributed by atoms with Crippen LogP contribution in [0.5, 0.6) is 0 Å². The first-order chi connectivity index (χ1) is 11.3. The predicted molar refractivity (Wildman–Crippen MR) is 78.6 cm³/mol. The summed E-state index contributed by atoms with van der Waals surface area (Å²) < 4.78 is 12.9. The fourth-order valence-corrected chi connectivity index (χ4v) is 3.34. The van der Waals surface area contributed by atoms with Gasteiger partial charge >= 0.3 is 0 Å². The maximum atomic E-state index is 12.9. The summed E-state index contributed by atoms with van der Waals surface area (Å²) in [5.41, 5.74) is 0.385. The second kappa shape index (κ2) is 6.11. The zero-order valence-electron chi connectivity index (χ0n) is 12.8. The molecular formula is C15H19N5O3. The molecule has 0 spiro atoms. The molecule has 0 unspecified atom stereocenters. The molecule has 4 rings (SSSR count).